The first-order valence-corrected chi connectivity index (χ1v) is 8.93. The van der Waals surface area contributed by atoms with Gasteiger partial charge >= 0.3 is 0 Å². The minimum Gasteiger partial charge on any atom is -0.504 e. The zero-order valence-electron chi connectivity index (χ0n) is 14.1. The molecule has 1 unspecified atom stereocenters. The van der Waals surface area contributed by atoms with E-state index < -0.39 is 5.50 Å². The molecule has 136 valence electrons. The van der Waals surface area contributed by atoms with E-state index in [0.717, 1.165) is 0 Å². The predicted molar refractivity (Wildman–Crippen MR) is 104 cm³/mol. The fourth-order valence-corrected chi connectivity index (χ4v) is 3.60. The molecule has 0 bridgehead atoms. The Hall–Kier alpha value is -2.51. The van der Waals surface area contributed by atoms with Gasteiger partial charge < -0.3 is 25.2 Å². The summed E-state index contributed by atoms with van der Waals surface area (Å²) in [5.74, 6) is 0.716. The van der Waals surface area contributed by atoms with E-state index >= 15 is 0 Å². The van der Waals surface area contributed by atoms with Gasteiger partial charge in [0.1, 0.15) is 5.75 Å². The van der Waals surface area contributed by atoms with Crippen molar-refractivity contribution in [1.82, 2.24) is 5.32 Å². The van der Waals surface area contributed by atoms with Crippen molar-refractivity contribution in [3.05, 3.63) is 51.9 Å². The molecule has 1 fully saturated rings. The van der Waals surface area contributed by atoms with Crippen LogP contribution < -0.4 is 20.1 Å². The zero-order chi connectivity index (χ0) is 18.7. The van der Waals surface area contributed by atoms with Crippen molar-refractivity contribution in [3.63, 3.8) is 0 Å². The first kappa shape index (κ1) is 18.3. The molecular formula is C18H17ClN2O4S. The molecule has 3 N–H and O–H groups in total. The molecule has 2 aromatic rings. The highest BCUT2D eigenvalue weighted by atomic mass is 35.5. The Morgan fingerprint density at radius 3 is 2.73 bits per heavy atom. The molecule has 1 saturated heterocycles. The van der Waals surface area contributed by atoms with Gasteiger partial charge in [-0.1, -0.05) is 35.5 Å². The lowest BCUT2D eigenvalue weighted by Crippen LogP contribution is -2.31. The van der Waals surface area contributed by atoms with Crippen LogP contribution in [0.1, 0.15) is 5.56 Å². The van der Waals surface area contributed by atoms with Gasteiger partial charge in [-0.25, -0.2) is 0 Å². The van der Waals surface area contributed by atoms with Crippen LogP contribution in [0.4, 0.5) is 5.69 Å². The van der Waals surface area contributed by atoms with Crippen molar-refractivity contribution in [2.45, 2.75) is 5.50 Å². The van der Waals surface area contributed by atoms with Gasteiger partial charge in [0.05, 0.1) is 24.8 Å². The number of carbonyl (C=O) groups is 1. The number of hydrogen-bond acceptors (Lipinski definition) is 6. The lowest BCUT2D eigenvalue weighted by molar-refractivity contribution is -0.116. The molecule has 3 rings (SSSR count). The molecule has 6 nitrogen and oxygen atoms in total. The number of benzene rings is 2. The maximum atomic E-state index is 12.3. The summed E-state index contributed by atoms with van der Waals surface area (Å²) in [5.41, 5.74) is 0.778. The fraction of sp³-hybridized carbons (Fsp3) is 0.167. The van der Waals surface area contributed by atoms with E-state index in [1.165, 1.54) is 18.9 Å². The largest absolute Gasteiger partial charge is 0.504 e. The number of ether oxygens (including phenoxy) is 2. The third kappa shape index (κ3) is 3.84. The van der Waals surface area contributed by atoms with Gasteiger partial charge in [0.15, 0.2) is 17.0 Å². The highest BCUT2D eigenvalue weighted by molar-refractivity contribution is 8.05. The molecule has 1 aliphatic heterocycles. The zero-order valence-corrected chi connectivity index (χ0v) is 15.6. The van der Waals surface area contributed by atoms with Crippen LogP contribution in [0.15, 0.2) is 41.3 Å². The van der Waals surface area contributed by atoms with Crippen LogP contribution in [0.5, 0.6) is 17.2 Å². The second kappa shape index (κ2) is 7.80. The van der Waals surface area contributed by atoms with Gasteiger partial charge in [-0.15, -0.1) is 0 Å². The molecule has 1 amide bonds. The van der Waals surface area contributed by atoms with E-state index in [1.807, 2.05) is 0 Å². The summed E-state index contributed by atoms with van der Waals surface area (Å²) in [6.45, 7) is 0. The average molecular weight is 393 g/mol. The van der Waals surface area contributed by atoms with Crippen molar-refractivity contribution < 1.29 is 19.4 Å². The van der Waals surface area contributed by atoms with E-state index in [4.69, 9.17) is 21.1 Å². The van der Waals surface area contributed by atoms with Gasteiger partial charge in [-0.05, 0) is 30.3 Å². The minimum atomic E-state index is -0.395. The number of phenolic OH excluding ortho intramolecular Hbond substituents is 1. The monoisotopic (exact) mass is 392 g/mol. The van der Waals surface area contributed by atoms with E-state index in [2.05, 4.69) is 10.6 Å². The molecule has 1 heterocycles. The Morgan fingerprint density at radius 1 is 1.23 bits per heavy atom. The van der Waals surface area contributed by atoms with E-state index in [-0.39, 0.29) is 11.7 Å². The summed E-state index contributed by atoms with van der Waals surface area (Å²) in [6, 6.07) is 10.3. The summed E-state index contributed by atoms with van der Waals surface area (Å²) in [7, 11) is 3.03. The summed E-state index contributed by atoms with van der Waals surface area (Å²) >= 11 is 7.32. The minimum absolute atomic E-state index is 0.0104. The summed E-state index contributed by atoms with van der Waals surface area (Å²) in [5, 5.41) is 16.7. The normalized spacial score (nSPS) is 17.9. The molecule has 0 aromatic heterocycles. The Balaban J connectivity index is 1.80. The van der Waals surface area contributed by atoms with Crippen LogP contribution in [-0.4, -0.2) is 30.7 Å². The number of carbonyl (C=O) groups excluding carboxylic acids is 1. The number of aromatic hydroxyl groups is 1. The van der Waals surface area contributed by atoms with Gasteiger partial charge in [-0.3, -0.25) is 4.79 Å². The average Bonchev–Trinajstić information content (AvgIpc) is 2.96. The first-order chi connectivity index (χ1) is 12.5. The molecular weight excluding hydrogens is 376 g/mol. The maximum Gasteiger partial charge on any atom is 0.260 e. The molecule has 2 aromatic carbocycles. The highest BCUT2D eigenvalue weighted by Gasteiger charge is 2.28. The van der Waals surface area contributed by atoms with Gasteiger partial charge in [0.25, 0.3) is 5.91 Å². The van der Waals surface area contributed by atoms with E-state index in [9.17, 15) is 9.90 Å². The number of hydrogen-bond donors (Lipinski definition) is 3. The highest BCUT2D eigenvalue weighted by Crippen LogP contribution is 2.37. The third-order valence-electron chi connectivity index (χ3n) is 3.72. The van der Waals surface area contributed by atoms with Crippen LogP contribution in [0.25, 0.3) is 6.08 Å². The molecule has 0 saturated carbocycles. The van der Waals surface area contributed by atoms with Crippen LogP contribution in [0.2, 0.25) is 5.02 Å². The van der Waals surface area contributed by atoms with Crippen molar-refractivity contribution in [2.24, 2.45) is 0 Å². The Bertz CT molecular complexity index is 872. The van der Waals surface area contributed by atoms with Crippen molar-refractivity contribution in [1.29, 1.82) is 0 Å². The van der Waals surface area contributed by atoms with Crippen LogP contribution in [-0.2, 0) is 4.79 Å². The molecule has 26 heavy (non-hydrogen) atoms. The summed E-state index contributed by atoms with van der Waals surface area (Å²) in [4.78, 5) is 12.7. The van der Waals surface area contributed by atoms with Crippen LogP contribution >= 0.6 is 23.4 Å². The molecule has 8 heteroatoms. The first-order valence-electron chi connectivity index (χ1n) is 7.67. The number of rotatable bonds is 5. The lowest BCUT2D eigenvalue weighted by Gasteiger charge is -2.15. The topological polar surface area (TPSA) is 79.8 Å². The molecule has 0 spiro atoms. The van der Waals surface area contributed by atoms with E-state index in [1.54, 1.807) is 49.6 Å². The Labute approximate surface area is 160 Å². The quantitative estimate of drug-likeness (QED) is 0.674. The van der Waals surface area contributed by atoms with Crippen LogP contribution in [0, 0.1) is 0 Å². The summed E-state index contributed by atoms with van der Waals surface area (Å²) in [6.07, 6.45) is 1.62. The van der Waals surface area contributed by atoms with Gasteiger partial charge in [0.2, 0.25) is 0 Å². The standard InChI is InChI=1S/C18H17ClN2O4S/c1-24-13-7-6-11(19)9-12(13)20-18-21-17(23)15(26-18)8-10-4-3-5-14(25-2)16(10)22/h3-9,18,20,22H,1-2H3,(H,21,23)/b15-8-. The predicted octanol–water partition coefficient (Wildman–Crippen LogP) is 3.66. The number of phenols is 1. The Morgan fingerprint density at radius 2 is 2.00 bits per heavy atom. The molecule has 0 aliphatic carbocycles. The number of halogens is 1. The number of methoxy groups -OCH3 is 2. The SMILES string of the molecule is COc1ccc(Cl)cc1NC1NC(=O)/C(=C/c2cccc(OC)c2O)S1. The second-order valence-electron chi connectivity index (χ2n) is 5.37. The van der Waals surface area contributed by atoms with Crippen molar-refractivity contribution in [3.8, 4) is 17.2 Å². The third-order valence-corrected chi connectivity index (χ3v) is 4.98. The van der Waals surface area contributed by atoms with Gasteiger partial charge in [0, 0.05) is 10.6 Å². The number of amides is 1. The number of thioether (sulfide) groups is 1. The smallest absolute Gasteiger partial charge is 0.260 e. The molecule has 1 aliphatic rings. The fourth-order valence-electron chi connectivity index (χ4n) is 2.46. The van der Waals surface area contributed by atoms with Crippen molar-refractivity contribution >= 4 is 41.0 Å². The Kier molecular flexibility index (Phi) is 5.49. The van der Waals surface area contributed by atoms with Crippen molar-refractivity contribution in [2.75, 3.05) is 19.5 Å². The van der Waals surface area contributed by atoms with E-state index in [0.29, 0.717) is 32.7 Å². The van der Waals surface area contributed by atoms with Crippen LogP contribution in [0.3, 0.4) is 0 Å². The number of anilines is 1. The second-order valence-corrected chi connectivity index (χ2v) is 6.95. The van der Waals surface area contributed by atoms with Gasteiger partial charge in [-0.2, -0.15) is 0 Å². The maximum absolute atomic E-state index is 12.3. The number of para-hydroxylation sites is 1. The molecule has 0 radical (unpaired) electrons. The summed E-state index contributed by atoms with van der Waals surface area (Å²) < 4.78 is 10.4. The molecule has 1 atom stereocenters. The number of nitrogens with one attached hydrogen (secondary N) is 2. The lowest BCUT2D eigenvalue weighted by atomic mass is 10.1.